The van der Waals surface area contributed by atoms with Crippen LogP contribution < -0.4 is 4.74 Å². The summed E-state index contributed by atoms with van der Waals surface area (Å²) in [5.41, 5.74) is 0.740. The minimum absolute atomic E-state index is 0.108. The van der Waals surface area contributed by atoms with Crippen molar-refractivity contribution in [1.82, 2.24) is 4.90 Å². The molecule has 1 aromatic carbocycles. The fraction of sp³-hybridized carbons (Fsp3) is 0.650. The van der Waals surface area contributed by atoms with E-state index in [1.165, 1.54) is 12.8 Å². The van der Waals surface area contributed by atoms with Gasteiger partial charge in [0, 0.05) is 12.1 Å². The van der Waals surface area contributed by atoms with Crippen molar-refractivity contribution >= 4 is 5.91 Å². The van der Waals surface area contributed by atoms with Crippen LogP contribution in [0.5, 0.6) is 5.75 Å². The summed E-state index contributed by atoms with van der Waals surface area (Å²) < 4.78 is 11.6. The summed E-state index contributed by atoms with van der Waals surface area (Å²) in [6.07, 6.45) is 6.14. The van der Waals surface area contributed by atoms with Crippen molar-refractivity contribution in [2.45, 2.75) is 58.1 Å². The van der Waals surface area contributed by atoms with Crippen LogP contribution in [0.4, 0.5) is 0 Å². The van der Waals surface area contributed by atoms with E-state index in [1.54, 1.807) is 0 Å². The van der Waals surface area contributed by atoms with Gasteiger partial charge in [0.1, 0.15) is 5.75 Å². The van der Waals surface area contributed by atoms with E-state index in [-0.39, 0.29) is 11.9 Å². The van der Waals surface area contributed by atoms with Gasteiger partial charge in [-0.15, -0.1) is 0 Å². The van der Waals surface area contributed by atoms with Crippen LogP contribution in [0.2, 0.25) is 0 Å². The second kappa shape index (κ2) is 8.02. The van der Waals surface area contributed by atoms with Crippen molar-refractivity contribution in [3.8, 4) is 5.75 Å². The first kappa shape index (κ1) is 17.3. The van der Waals surface area contributed by atoms with Gasteiger partial charge in [0.25, 0.3) is 5.91 Å². The molecule has 1 amide bonds. The van der Waals surface area contributed by atoms with E-state index in [0.29, 0.717) is 31.8 Å². The first-order valence-electron chi connectivity index (χ1n) is 9.29. The Bertz CT molecular complexity index is 534. The monoisotopic (exact) mass is 331 g/mol. The molecular formula is C20H29NO3. The van der Waals surface area contributed by atoms with E-state index in [9.17, 15) is 4.79 Å². The maximum Gasteiger partial charge on any atom is 0.254 e. The topological polar surface area (TPSA) is 38.8 Å². The molecule has 2 fully saturated rings. The van der Waals surface area contributed by atoms with Crippen LogP contribution in [0, 0.1) is 5.92 Å². The van der Waals surface area contributed by atoms with Crippen LogP contribution in [0.1, 0.15) is 56.3 Å². The number of morpholine rings is 1. The number of ether oxygens (including phenoxy) is 2. The van der Waals surface area contributed by atoms with Gasteiger partial charge in [-0.25, -0.2) is 0 Å². The molecule has 24 heavy (non-hydrogen) atoms. The van der Waals surface area contributed by atoms with Gasteiger partial charge >= 0.3 is 0 Å². The molecule has 132 valence electrons. The first-order chi connectivity index (χ1) is 11.6. The highest BCUT2D eigenvalue weighted by molar-refractivity contribution is 5.94. The predicted molar refractivity (Wildman–Crippen MR) is 94.4 cm³/mol. The van der Waals surface area contributed by atoms with Crippen LogP contribution in [0.25, 0.3) is 0 Å². The van der Waals surface area contributed by atoms with Gasteiger partial charge < -0.3 is 14.4 Å². The smallest absolute Gasteiger partial charge is 0.254 e. The molecule has 1 atom stereocenters. The number of hydrogen-bond acceptors (Lipinski definition) is 3. The average Bonchev–Trinajstić information content (AvgIpc) is 3.08. The van der Waals surface area contributed by atoms with Crippen molar-refractivity contribution < 1.29 is 14.3 Å². The molecule has 1 unspecified atom stereocenters. The Morgan fingerprint density at radius 2 is 1.96 bits per heavy atom. The molecule has 3 rings (SSSR count). The number of carbonyl (C=O) groups is 1. The van der Waals surface area contributed by atoms with Gasteiger partial charge in [-0.2, -0.15) is 0 Å². The van der Waals surface area contributed by atoms with Gasteiger partial charge in [0.05, 0.1) is 25.4 Å². The molecule has 0 bridgehead atoms. The van der Waals surface area contributed by atoms with Gasteiger partial charge in [-0.1, -0.05) is 13.8 Å². The summed E-state index contributed by atoms with van der Waals surface area (Å²) >= 11 is 0. The molecule has 4 nitrogen and oxygen atoms in total. The molecule has 2 aliphatic rings. The highest BCUT2D eigenvalue weighted by atomic mass is 16.5. The van der Waals surface area contributed by atoms with Crippen LogP contribution in [0.3, 0.4) is 0 Å². The van der Waals surface area contributed by atoms with E-state index in [2.05, 4.69) is 13.8 Å². The second-order valence-corrected chi connectivity index (χ2v) is 7.41. The van der Waals surface area contributed by atoms with Crippen molar-refractivity contribution in [3.05, 3.63) is 29.8 Å². The highest BCUT2D eigenvalue weighted by Crippen LogP contribution is 2.25. The maximum absolute atomic E-state index is 12.9. The lowest BCUT2D eigenvalue weighted by Gasteiger charge is -2.36. The normalized spacial score (nSPS) is 22.1. The number of benzene rings is 1. The lowest BCUT2D eigenvalue weighted by atomic mass is 10.0. The Hall–Kier alpha value is -1.55. The molecule has 1 aliphatic carbocycles. The summed E-state index contributed by atoms with van der Waals surface area (Å²) in [5, 5.41) is 0. The number of hydrogen-bond donors (Lipinski definition) is 0. The fourth-order valence-electron chi connectivity index (χ4n) is 3.70. The van der Waals surface area contributed by atoms with Gasteiger partial charge in [-0.3, -0.25) is 4.79 Å². The summed E-state index contributed by atoms with van der Waals surface area (Å²) in [4.78, 5) is 14.9. The Labute approximate surface area is 145 Å². The van der Waals surface area contributed by atoms with Gasteiger partial charge in [0.15, 0.2) is 0 Å². The molecule has 0 N–H and O–H groups in total. The minimum Gasteiger partial charge on any atom is -0.490 e. The Morgan fingerprint density at radius 1 is 1.25 bits per heavy atom. The van der Waals surface area contributed by atoms with E-state index in [0.717, 1.165) is 30.6 Å². The number of nitrogens with zero attached hydrogens (tertiary/aromatic N) is 1. The zero-order valence-corrected chi connectivity index (χ0v) is 14.9. The summed E-state index contributed by atoms with van der Waals surface area (Å²) in [6.45, 7) is 6.32. The third-order valence-electron chi connectivity index (χ3n) is 4.94. The van der Waals surface area contributed by atoms with Crippen LogP contribution in [-0.4, -0.2) is 42.7 Å². The van der Waals surface area contributed by atoms with Crippen molar-refractivity contribution in [3.63, 3.8) is 0 Å². The Balaban J connectivity index is 1.64. The standard InChI is InChI=1S/C20H29NO3/c1-15(2)13-17-14-23-12-11-21(17)20(22)16-7-9-19(10-8-16)24-18-5-3-4-6-18/h7-10,15,17-18H,3-6,11-14H2,1-2H3. The average molecular weight is 331 g/mol. The fourth-order valence-corrected chi connectivity index (χ4v) is 3.70. The van der Waals surface area contributed by atoms with Gasteiger partial charge in [0.2, 0.25) is 0 Å². The molecule has 1 saturated heterocycles. The third-order valence-corrected chi connectivity index (χ3v) is 4.94. The zero-order valence-electron chi connectivity index (χ0n) is 14.9. The van der Waals surface area contributed by atoms with E-state index >= 15 is 0 Å². The highest BCUT2D eigenvalue weighted by Gasteiger charge is 2.28. The lowest BCUT2D eigenvalue weighted by Crippen LogP contribution is -2.49. The van der Waals surface area contributed by atoms with Gasteiger partial charge in [-0.05, 0) is 62.3 Å². The lowest BCUT2D eigenvalue weighted by molar-refractivity contribution is -0.00746. The molecule has 1 aliphatic heterocycles. The molecule has 1 aromatic rings. The van der Waals surface area contributed by atoms with Crippen LogP contribution >= 0.6 is 0 Å². The number of amides is 1. The number of carbonyl (C=O) groups excluding carboxylic acids is 1. The first-order valence-corrected chi connectivity index (χ1v) is 9.29. The summed E-state index contributed by atoms with van der Waals surface area (Å²) in [7, 11) is 0. The van der Waals surface area contributed by atoms with Crippen molar-refractivity contribution in [1.29, 1.82) is 0 Å². The Morgan fingerprint density at radius 3 is 2.62 bits per heavy atom. The summed E-state index contributed by atoms with van der Waals surface area (Å²) in [6, 6.07) is 7.84. The van der Waals surface area contributed by atoms with Crippen molar-refractivity contribution in [2.24, 2.45) is 5.92 Å². The molecule has 0 spiro atoms. The molecule has 1 saturated carbocycles. The van der Waals surface area contributed by atoms with E-state index in [1.807, 2.05) is 29.2 Å². The molecule has 1 heterocycles. The van der Waals surface area contributed by atoms with Crippen LogP contribution in [0.15, 0.2) is 24.3 Å². The molecular weight excluding hydrogens is 302 g/mol. The van der Waals surface area contributed by atoms with E-state index in [4.69, 9.17) is 9.47 Å². The SMILES string of the molecule is CC(C)CC1COCCN1C(=O)c1ccc(OC2CCCC2)cc1. The number of rotatable bonds is 5. The molecule has 4 heteroatoms. The second-order valence-electron chi connectivity index (χ2n) is 7.41. The summed E-state index contributed by atoms with van der Waals surface area (Å²) in [5.74, 6) is 1.53. The molecule has 0 radical (unpaired) electrons. The molecule has 0 aromatic heterocycles. The zero-order chi connectivity index (χ0) is 16.9. The van der Waals surface area contributed by atoms with E-state index < -0.39 is 0 Å². The van der Waals surface area contributed by atoms with Crippen LogP contribution in [-0.2, 0) is 4.74 Å². The largest absolute Gasteiger partial charge is 0.490 e. The predicted octanol–water partition coefficient (Wildman–Crippen LogP) is 3.90. The minimum atomic E-state index is 0.108. The Kier molecular flexibility index (Phi) is 5.77. The third kappa shape index (κ3) is 4.29. The maximum atomic E-state index is 12.9. The van der Waals surface area contributed by atoms with Crippen molar-refractivity contribution in [2.75, 3.05) is 19.8 Å². The quantitative estimate of drug-likeness (QED) is 0.821.